The van der Waals surface area contributed by atoms with Crippen LogP contribution in [0.2, 0.25) is 0 Å². The Kier molecular flexibility index (Phi) is 7.16. The number of piperidine rings is 1. The summed E-state index contributed by atoms with van der Waals surface area (Å²) in [6, 6.07) is 5.06. The second kappa shape index (κ2) is 9.80. The predicted molar refractivity (Wildman–Crippen MR) is 114 cm³/mol. The Morgan fingerprint density at radius 2 is 2.00 bits per heavy atom. The first-order valence-electron chi connectivity index (χ1n) is 9.79. The van der Waals surface area contributed by atoms with Gasteiger partial charge in [-0.1, -0.05) is 0 Å². The number of amides is 2. The minimum Gasteiger partial charge on any atom is -0.497 e. The predicted octanol–water partition coefficient (Wildman–Crippen LogP) is 0.207. The van der Waals surface area contributed by atoms with E-state index >= 15 is 0 Å². The molecule has 1 aromatic carbocycles. The lowest BCUT2D eigenvalue weighted by atomic mass is 10.1. The molecule has 156 valence electrons. The van der Waals surface area contributed by atoms with E-state index in [0.717, 1.165) is 19.6 Å². The number of quaternary nitrogens is 1. The van der Waals surface area contributed by atoms with Crippen LogP contribution in [0.25, 0.3) is 0 Å². The molecule has 2 heterocycles. The summed E-state index contributed by atoms with van der Waals surface area (Å²) in [7, 11) is 3.03. The minimum absolute atomic E-state index is 0.00830. The van der Waals surface area contributed by atoms with Crippen LogP contribution >= 0.6 is 12.2 Å². The van der Waals surface area contributed by atoms with Gasteiger partial charge in [-0.25, -0.2) is 0 Å². The molecule has 0 radical (unpaired) electrons. The number of thiocarbonyl (C=S) groups is 1. The van der Waals surface area contributed by atoms with Crippen molar-refractivity contribution >= 4 is 41.0 Å². The van der Waals surface area contributed by atoms with Gasteiger partial charge >= 0.3 is 0 Å². The van der Waals surface area contributed by atoms with E-state index in [0.29, 0.717) is 23.7 Å². The average Bonchev–Trinajstić information content (AvgIpc) is 2.73. The van der Waals surface area contributed by atoms with Crippen LogP contribution in [0.4, 0.5) is 5.69 Å². The standard InChI is InChI=1S/C20H26N4O4S/c1-27-14-6-7-17(28-2)16(12-14)24-19(26)15(18(25)22-20(24)29)13-21-8-11-23-9-4-3-5-10-23/h6-7,12-13,15H,3-5,8-11H2,1-2H3,(H,22,25,29)/p+1/t15-/m0/s1. The Labute approximate surface area is 175 Å². The van der Waals surface area contributed by atoms with E-state index < -0.39 is 17.7 Å². The maximum absolute atomic E-state index is 13.1. The topological polar surface area (TPSA) is 84.7 Å². The Hall–Kier alpha value is -2.52. The van der Waals surface area contributed by atoms with Gasteiger partial charge in [0, 0.05) is 12.3 Å². The number of rotatable bonds is 7. The zero-order chi connectivity index (χ0) is 20.8. The van der Waals surface area contributed by atoms with Gasteiger partial charge in [0.25, 0.3) is 5.91 Å². The van der Waals surface area contributed by atoms with Crippen LogP contribution < -0.4 is 24.6 Å². The molecular weight excluding hydrogens is 392 g/mol. The van der Waals surface area contributed by atoms with E-state index in [1.807, 2.05) is 0 Å². The van der Waals surface area contributed by atoms with Crippen molar-refractivity contribution in [3.8, 4) is 11.5 Å². The van der Waals surface area contributed by atoms with Gasteiger partial charge in [-0.15, -0.1) is 0 Å². The molecule has 3 rings (SSSR count). The maximum atomic E-state index is 13.1. The first-order chi connectivity index (χ1) is 14.0. The molecule has 1 atom stereocenters. The highest BCUT2D eigenvalue weighted by Crippen LogP contribution is 2.34. The number of hydrogen-bond donors (Lipinski definition) is 2. The number of ether oxygens (including phenoxy) is 2. The number of hydrogen-bond acceptors (Lipinski definition) is 6. The van der Waals surface area contributed by atoms with Crippen molar-refractivity contribution in [3.05, 3.63) is 18.2 Å². The highest BCUT2D eigenvalue weighted by molar-refractivity contribution is 7.80. The molecule has 0 unspecified atom stereocenters. The zero-order valence-electron chi connectivity index (χ0n) is 16.8. The van der Waals surface area contributed by atoms with Gasteiger partial charge in [0.2, 0.25) is 5.91 Å². The van der Waals surface area contributed by atoms with Crippen LogP contribution in [0.15, 0.2) is 23.2 Å². The first kappa shape index (κ1) is 21.2. The fourth-order valence-corrected chi connectivity index (χ4v) is 3.91. The van der Waals surface area contributed by atoms with Gasteiger partial charge in [0.15, 0.2) is 11.0 Å². The van der Waals surface area contributed by atoms with E-state index in [4.69, 9.17) is 21.7 Å². The summed E-state index contributed by atoms with van der Waals surface area (Å²) >= 11 is 5.25. The number of carbonyl (C=O) groups excluding carboxylic acids is 2. The highest BCUT2D eigenvalue weighted by Gasteiger charge is 2.39. The van der Waals surface area contributed by atoms with Crippen molar-refractivity contribution in [1.82, 2.24) is 5.32 Å². The summed E-state index contributed by atoms with van der Waals surface area (Å²) in [4.78, 5) is 32.6. The molecule has 0 bridgehead atoms. The molecule has 9 heteroatoms. The normalized spacial score (nSPS) is 20.8. The number of benzene rings is 1. The maximum Gasteiger partial charge on any atom is 0.251 e. The van der Waals surface area contributed by atoms with Gasteiger partial charge in [-0.3, -0.25) is 19.5 Å². The van der Waals surface area contributed by atoms with Crippen molar-refractivity contribution in [1.29, 1.82) is 0 Å². The minimum atomic E-state index is -1.03. The molecule has 0 aliphatic carbocycles. The summed E-state index contributed by atoms with van der Waals surface area (Å²) in [6.07, 6.45) is 5.23. The summed E-state index contributed by atoms with van der Waals surface area (Å²) < 4.78 is 10.6. The molecule has 1 aromatic rings. The first-order valence-corrected chi connectivity index (χ1v) is 10.2. The summed E-state index contributed by atoms with van der Waals surface area (Å²) in [5, 5.41) is 2.60. The molecule has 2 saturated heterocycles. The molecule has 0 aromatic heterocycles. The van der Waals surface area contributed by atoms with Gasteiger partial charge in [-0.05, 0) is 43.6 Å². The number of methoxy groups -OCH3 is 2. The van der Waals surface area contributed by atoms with Crippen LogP contribution in [0.1, 0.15) is 19.3 Å². The largest absolute Gasteiger partial charge is 0.497 e. The molecule has 0 saturated carbocycles. The lowest BCUT2D eigenvalue weighted by Crippen LogP contribution is -3.13. The number of aliphatic imine (C=N–C) groups is 1. The monoisotopic (exact) mass is 419 g/mol. The molecule has 8 nitrogen and oxygen atoms in total. The quantitative estimate of drug-likeness (QED) is 0.375. The number of anilines is 1. The Balaban J connectivity index is 1.75. The van der Waals surface area contributed by atoms with Crippen LogP contribution in [-0.2, 0) is 9.59 Å². The third-order valence-electron chi connectivity index (χ3n) is 5.24. The van der Waals surface area contributed by atoms with Gasteiger partial charge in [0.05, 0.1) is 46.1 Å². The third-order valence-corrected chi connectivity index (χ3v) is 5.52. The molecule has 0 spiro atoms. The molecule has 2 aliphatic rings. The molecule has 2 amide bonds. The fourth-order valence-electron chi connectivity index (χ4n) is 3.63. The van der Waals surface area contributed by atoms with E-state index in [2.05, 4.69) is 10.3 Å². The smallest absolute Gasteiger partial charge is 0.251 e. The Morgan fingerprint density at radius 3 is 2.69 bits per heavy atom. The third kappa shape index (κ3) is 4.91. The lowest BCUT2D eigenvalue weighted by Gasteiger charge is -2.31. The Bertz CT molecular complexity index is 808. The SMILES string of the molecule is COc1ccc(OC)c(N2C(=O)[C@@H](C=NCC[NH+]3CCCCC3)C(=O)NC2=S)c1. The van der Waals surface area contributed by atoms with Gasteiger partial charge in [0.1, 0.15) is 11.5 Å². The van der Waals surface area contributed by atoms with E-state index in [-0.39, 0.29) is 5.11 Å². The number of nitrogens with zero attached hydrogens (tertiary/aromatic N) is 2. The van der Waals surface area contributed by atoms with E-state index in [1.54, 1.807) is 18.2 Å². The lowest BCUT2D eigenvalue weighted by molar-refractivity contribution is -0.903. The number of likely N-dealkylation sites (tertiary alicyclic amines) is 1. The van der Waals surface area contributed by atoms with Crippen molar-refractivity contribution in [2.24, 2.45) is 10.9 Å². The summed E-state index contributed by atoms with van der Waals surface area (Å²) in [5.41, 5.74) is 0.415. The van der Waals surface area contributed by atoms with Crippen LogP contribution in [0.5, 0.6) is 11.5 Å². The molecule has 2 aliphatic heterocycles. The van der Waals surface area contributed by atoms with Crippen molar-refractivity contribution in [2.45, 2.75) is 19.3 Å². The summed E-state index contributed by atoms with van der Waals surface area (Å²) in [5.74, 6) is -0.967. The van der Waals surface area contributed by atoms with E-state index in [1.165, 1.54) is 49.5 Å². The van der Waals surface area contributed by atoms with Crippen molar-refractivity contribution in [3.63, 3.8) is 0 Å². The fraction of sp³-hybridized carbons (Fsp3) is 0.500. The highest BCUT2D eigenvalue weighted by atomic mass is 32.1. The van der Waals surface area contributed by atoms with Crippen LogP contribution in [0, 0.1) is 5.92 Å². The van der Waals surface area contributed by atoms with Gasteiger partial charge < -0.3 is 19.7 Å². The van der Waals surface area contributed by atoms with Crippen molar-refractivity contribution in [2.75, 3.05) is 45.3 Å². The van der Waals surface area contributed by atoms with Crippen molar-refractivity contribution < 1.29 is 24.0 Å². The molecule has 29 heavy (non-hydrogen) atoms. The molecule has 2 fully saturated rings. The second-order valence-electron chi connectivity index (χ2n) is 7.10. The molecular formula is C20H27N4O4S+. The van der Waals surface area contributed by atoms with Crippen LogP contribution in [-0.4, -0.2) is 63.5 Å². The average molecular weight is 420 g/mol. The van der Waals surface area contributed by atoms with E-state index in [9.17, 15) is 9.59 Å². The number of carbonyl (C=O) groups is 2. The number of nitrogens with one attached hydrogen (secondary N) is 2. The summed E-state index contributed by atoms with van der Waals surface area (Å²) in [6.45, 7) is 3.82. The van der Waals surface area contributed by atoms with Gasteiger partial charge in [-0.2, -0.15) is 0 Å². The van der Waals surface area contributed by atoms with Crippen LogP contribution in [0.3, 0.4) is 0 Å². The second-order valence-corrected chi connectivity index (χ2v) is 7.49. The Morgan fingerprint density at radius 1 is 1.24 bits per heavy atom. The zero-order valence-corrected chi connectivity index (χ0v) is 17.6. The molecule has 2 N–H and O–H groups in total.